The summed E-state index contributed by atoms with van der Waals surface area (Å²) in [6.45, 7) is 10.8. The fraction of sp³-hybridized carbons (Fsp3) is 0.833. The van der Waals surface area contributed by atoms with Crippen LogP contribution in [0.1, 0.15) is 34.6 Å². The van der Waals surface area contributed by atoms with Crippen molar-refractivity contribution in [2.24, 2.45) is 0 Å². The Morgan fingerprint density at radius 3 is 2.12 bits per heavy atom. The second-order valence-corrected chi connectivity index (χ2v) is 4.74. The van der Waals surface area contributed by atoms with Gasteiger partial charge in [-0.25, -0.2) is 0 Å². The number of nitrogens with one attached hydrogen (secondary N) is 1. The van der Waals surface area contributed by atoms with E-state index in [9.17, 15) is 9.59 Å². The summed E-state index contributed by atoms with van der Waals surface area (Å²) in [6, 6.07) is 0. The van der Waals surface area contributed by atoms with Crippen molar-refractivity contribution in [1.29, 1.82) is 0 Å². The van der Waals surface area contributed by atoms with Crippen molar-refractivity contribution in [1.82, 2.24) is 10.2 Å². The Hall–Kier alpha value is -1.10. The van der Waals surface area contributed by atoms with Gasteiger partial charge >= 0.3 is 0 Å². The number of likely N-dealkylation sites (N-methyl/N-ethyl adjacent to an activating group) is 1. The van der Waals surface area contributed by atoms with E-state index >= 15 is 0 Å². The molecule has 0 aromatic carbocycles. The monoisotopic (exact) mass is 244 g/mol. The van der Waals surface area contributed by atoms with E-state index in [0.717, 1.165) is 0 Å². The van der Waals surface area contributed by atoms with E-state index in [2.05, 4.69) is 5.32 Å². The van der Waals surface area contributed by atoms with E-state index in [1.165, 1.54) is 0 Å². The lowest BCUT2D eigenvalue weighted by atomic mass is 10.2. The fourth-order valence-electron chi connectivity index (χ4n) is 1.20. The van der Waals surface area contributed by atoms with Crippen LogP contribution >= 0.6 is 0 Å². The number of ether oxygens (including phenoxy) is 1. The molecule has 0 spiro atoms. The van der Waals surface area contributed by atoms with E-state index in [-0.39, 0.29) is 30.6 Å². The van der Waals surface area contributed by atoms with E-state index in [4.69, 9.17) is 4.74 Å². The smallest absolute Gasteiger partial charge is 0.246 e. The normalized spacial score (nSPS) is 11.1. The average Bonchev–Trinajstić information content (AvgIpc) is 2.24. The lowest BCUT2D eigenvalue weighted by Crippen LogP contribution is -2.41. The molecule has 0 aromatic rings. The van der Waals surface area contributed by atoms with Crippen LogP contribution < -0.4 is 5.32 Å². The highest BCUT2D eigenvalue weighted by Gasteiger charge is 2.14. The Kier molecular flexibility index (Phi) is 6.80. The molecule has 0 aliphatic heterocycles. The predicted molar refractivity (Wildman–Crippen MR) is 66.6 cm³/mol. The van der Waals surface area contributed by atoms with Crippen LogP contribution in [0.2, 0.25) is 0 Å². The summed E-state index contributed by atoms with van der Waals surface area (Å²) in [5.41, 5.74) is -0.347. The van der Waals surface area contributed by atoms with Crippen LogP contribution in [0.15, 0.2) is 0 Å². The van der Waals surface area contributed by atoms with Gasteiger partial charge in [-0.2, -0.15) is 0 Å². The van der Waals surface area contributed by atoms with Crippen LogP contribution in [0, 0.1) is 0 Å². The van der Waals surface area contributed by atoms with Crippen molar-refractivity contribution in [3.8, 4) is 0 Å². The molecule has 0 aliphatic rings. The molecule has 0 fully saturated rings. The summed E-state index contributed by atoms with van der Waals surface area (Å²) in [5.74, 6) is -0.334. The first-order valence-electron chi connectivity index (χ1n) is 5.98. The highest BCUT2D eigenvalue weighted by atomic mass is 16.5. The van der Waals surface area contributed by atoms with Gasteiger partial charge in [0.1, 0.15) is 6.61 Å². The third-order valence-electron chi connectivity index (χ3n) is 2.19. The molecule has 100 valence electrons. The topological polar surface area (TPSA) is 58.6 Å². The van der Waals surface area contributed by atoms with Gasteiger partial charge in [0.2, 0.25) is 11.8 Å². The molecule has 0 saturated heterocycles. The molecule has 2 amide bonds. The van der Waals surface area contributed by atoms with Gasteiger partial charge in [0, 0.05) is 13.1 Å². The molecule has 0 aliphatic carbocycles. The quantitative estimate of drug-likeness (QED) is 0.751. The molecule has 17 heavy (non-hydrogen) atoms. The predicted octanol–water partition coefficient (Wildman–Crippen LogP) is 0.786. The molecule has 0 atom stereocenters. The largest absolute Gasteiger partial charge is 0.366 e. The second-order valence-electron chi connectivity index (χ2n) is 4.74. The molecular weight excluding hydrogens is 220 g/mol. The van der Waals surface area contributed by atoms with E-state index in [0.29, 0.717) is 13.1 Å². The second kappa shape index (κ2) is 7.27. The van der Waals surface area contributed by atoms with Crippen LogP contribution in [0.25, 0.3) is 0 Å². The standard InChI is InChI=1S/C12H24N2O3/c1-6-14(7-2)11(16)8-13-10(15)9-17-12(3,4)5/h6-9H2,1-5H3,(H,13,15). The van der Waals surface area contributed by atoms with Crippen molar-refractivity contribution in [3.05, 3.63) is 0 Å². The number of hydrogen-bond donors (Lipinski definition) is 1. The van der Waals surface area contributed by atoms with Crippen LogP contribution in [0.5, 0.6) is 0 Å². The minimum Gasteiger partial charge on any atom is -0.366 e. The van der Waals surface area contributed by atoms with E-state index in [1.807, 2.05) is 34.6 Å². The van der Waals surface area contributed by atoms with Crippen LogP contribution in [0.3, 0.4) is 0 Å². The molecular formula is C12H24N2O3. The van der Waals surface area contributed by atoms with Gasteiger partial charge in [-0.3, -0.25) is 9.59 Å². The Morgan fingerprint density at radius 2 is 1.71 bits per heavy atom. The molecule has 0 aromatic heterocycles. The maximum absolute atomic E-state index is 11.6. The van der Waals surface area contributed by atoms with Crippen LogP contribution in [-0.2, 0) is 14.3 Å². The maximum Gasteiger partial charge on any atom is 0.246 e. The number of amides is 2. The van der Waals surface area contributed by atoms with Gasteiger partial charge in [0.05, 0.1) is 12.1 Å². The van der Waals surface area contributed by atoms with Crippen LogP contribution in [-0.4, -0.2) is 48.6 Å². The minimum atomic E-state index is -0.347. The number of nitrogens with zero attached hydrogens (tertiary/aromatic N) is 1. The van der Waals surface area contributed by atoms with Gasteiger partial charge in [-0.05, 0) is 34.6 Å². The number of rotatable bonds is 6. The summed E-state index contributed by atoms with van der Waals surface area (Å²) in [5, 5.41) is 2.55. The van der Waals surface area contributed by atoms with Crippen molar-refractivity contribution in [2.75, 3.05) is 26.2 Å². The third kappa shape index (κ3) is 7.74. The Labute approximate surface area is 103 Å². The van der Waals surface area contributed by atoms with Crippen LogP contribution in [0.4, 0.5) is 0 Å². The summed E-state index contributed by atoms with van der Waals surface area (Å²) in [6.07, 6.45) is 0. The number of carbonyl (C=O) groups excluding carboxylic acids is 2. The van der Waals surface area contributed by atoms with Gasteiger partial charge in [-0.15, -0.1) is 0 Å². The zero-order valence-electron chi connectivity index (χ0n) is 11.5. The molecule has 1 N–H and O–H groups in total. The first-order valence-corrected chi connectivity index (χ1v) is 5.98. The molecule has 0 bridgehead atoms. The summed E-state index contributed by atoms with van der Waals surface area (Å²) in [7, 11) is 0. The fourth-order valence-corrected chi connectivity index (χ4v) is 1.20. The van der Waals surface area contributed by atoms with Gasteiger partial charge in [0.25, 0.3) is 0 Å². The Balaban J connectivity index is 3.88. The summed E-state index contributed by atoms with van der Waals surface area (Å²) >= 11 is 0. The van der Waals surface area contributed by atoms with Gasteiger partial charge in [0.15, 0.2) is 0 Å². The van der Waals surface area contributed by atoms with Crippen molar-refractivity contribution in [3.63, 3.8) is 0 Å². The highest BCUT2D eigenvalue weighted by Crippen LogP contribution is 2.05. The highest BCUT2D eigenvalue weighted by molar-refractivity contribution is 5.85. The van der Waals surface area contributed by atoms with Crippen molar-refractivity contribution >= 4 is 11.8 Å². The third-order valence-corrected chi connectivity index (χ3v) is 2.19. The minimum absolute atomic E-state index is 0.0188. The molecule has 5 nitrogen and oxygen atoms in total. The number of hydrogen-bond acceptors (Lipinski definition) is 3. The Morgan fingerprint density at radius 1 is 1.18 bits per heavy atom. The average molecular weight is 244 g/mol. The lowest BCUT2D eigenvalue weighted by Gasteiger charge is -2.20. The van der Waals surface area contributed by atoms with Crippen molar-refractivity contribution in [2.45, 2.75) is 40.2 Å². The zero-order chi connectivity index (χ0) is 13.5. The van der Waals surface area contributed by atoms with Gasteiger partial charge in [-0.1, -0.05) is 0 Å². The first-order chi connectivity index (χ1) is 7.80. The SMILES string of the molecule is CCN(CC)C(=O)CNC(=O)COC(C)(C)C. The lowest BCUT2D eigenvalue weighted by molar-refractivity contribution is -0.135. The molecule has 5 heteroatoms. The Bertz CT molecular complexity index is 255. The summed E-state index contributed by atoms with van der Waals surface area (Å²) in [4.78, 5) is 24.6. The van der Waals surface area contributed by atoms with E-state index in [1.54, 1.807) is 4.90 Å². The first kappa shape index (κ1) is 15.9. The maximum atomic E-state index is 11.6. The molecule has 0 unspecified atom stereocenters. The molecule has 0 heterocycles. The number of carbonyl (C=O) groups is 2. The zero-order valence-corrected chi connectivity index (χ0v) is 11.5. The molecule has 0 radical (unpaired) electrons. The van der Waals surface area contributed by atoms with Crippen molar-refractivity contribution < 1.29 is 14.3 Å². The van der Waals surface area contributed by atoms with E-state index < -0.39 is 0 Å². The summed E-state index contributed by atoms with van der Waals surface area (Å²) < 4.78 is 5.30. The molecule has 0 rings (SSSR count). The van der Waals surface area contributed by atoms with Gasteiger partial charge < -0.3 is 15.0 Å². The molecule has 0 saturated carbocycles.